The standard InChI is InChI=1S/C15H18ClNO3S/c16-14-6-4-13(21-14)5-7-15(18)17-8-2-9-19-11-12-3-1-10-20-12/h1,3-4,6,10H,2,5,7-9,11H2,(H,17,18). The Balaban J connectivity index is 1.47. The lowest BCUT2D eigenvalue weighted by Crippen LogP contribution is -2.25. The molecule has 4 nitrogen and oxygen atoms in total. The molecule has 21 heavy (non-hydrogen) atoms. The third-order valence-electron chi connectivity index (χ3n) is 2.84. The average Bonchev–Trinajstić information content (AvgIpc) is 3.12. The summed E-state index contributed by atoms with van der Waals surface area (Å²) in [5, 5.41) is 2.88. The number of hydrogen-bond acceptors (Lipinski definition) is 4. The second-order valence-corrected chi connectivity index (χ2v) is 6.34. The summed E-state index contributed by atoms with van der Waals surface area (Å²) in [4.78, 5) is 12.8. The number of hydrogen-bond donors (Lipinski definition) is 1. The number of nitrogens with one attached hydrogen (secondary N) is 1. The van der Waals surface area contributed by atoms with E-state index in [-0.39, 0.29) is 5.91 Å². The zero-order valence-corrected chi connectivity index (χ0v) is 13.2. The summed E-state index contributed by atoms with van der Waals surface area (Å²) in [6, 6.07) is 7.52. The number of furan rings is 1. The summed E-state index contributed by atoms with van der Waals surface area (Å²) >= 11 is 7.36. The van der Waals surface area contributed by atoms with Gasteiger partial charge in [-0.15, -0.1) is 11.3 Å². The molecule has 0 fully saturated rings. The van der Waals surface area contributed by atoms with E-state index < -0.39 is 0 Å². The molecule has 0 bridgehead atoms. The van der Waals surface area contributed by atoms with Crippen LogP contribution in [0.15, 0.2) is 34.9 Å². The highest BCUT2D eigenvalue weighted by Crippen LogP contribution is 2.22. The van der Waals surface area contributed by atoms with Crippen LogP contribution in [0.3, 0.4) is 0 Å². The van der Waals surface area contributed by atoms with Gasteiger partial charge in [-0.1, -0.05) is 11.6 Å². The maximum atomic E-state index is 11.6. The van der Waals surface area contributed by atoms with Gasteiger partial charge in [0.15, 0.2) is 0 Å². The van der Waals surface area contributed by atoms with Crippen molar-refractivity contribution in [3.8, 4) is 0 Å². The predicted molar refractivity (Wildman–Crippen MR) is 83.6 cm³/mol. The summed E-state index contributed by atoms with van der Waals surface area (Å²) in [5.41, 5.74) is 0. The Morgan fingerprint density at radius 2 is 2.29 bits per heavy atom. The van der Waals surface area contributed by atoms with Crippen molar-refractivity contribution in [1.29, 1.82) is 0 Å². The number of halogens is 1. The zero-order valence-electron chi connectivity index (χ0n) is 11.6. The van der Waals surface area contributed by atoms with Gasteiger partial charge in [0.1, 0.15) is 12.4 Å². The third kappa shape index (κ3) is 6.33. The lowest BCUT2D eigenvalue weighted by molar-refractivity contribution is -0.121. The Bertz CT molecular complexity index is 539. The fraction of sp³-hybridized carbons (Fsp3) is 0.400. The molecule has 2 aromatic rings. The minimum atomic E-state index is 0.0607. The molecule has 2 rings (SSSR count). The molecule has 1 amide bonds. The average molecular weight is 328 g/mol. The van der Waals surface area contributed by atoms with E-state index in [2.05, 4.69) is 5.32 Å². The second kappa shape index (κ2) is 8.87. The van der Waals surface area contributed by atoms with E-state index in [9.17, 15) is 4.79 Å². The molecule has 114 valence electrons. The van der Waals surface area contributed by atoms with Gasteiger partial charge in [0.2, 0.25) is 5.91 Å². The highest BCUT2D eigenvalue weighted by Gasteiger charge is 2.04. The smallest absolute Gasteiger partial charge is 0.220 e. The first kappa shape index (κ1) is 16.1. The zero-order chi connectivity index (χ0) is 14.9. The first-order valence-electron chi connectivity index (χ1n) is 6.85. The van der Waals surface area contributed by atoms with Gasteiger partial charge in [0, 0.05) is 24.4 Å². The lowest BCUT2D eigenvalue weighted by Gasteiger charge is -2.05. The quantitative estimate of drug-likeness (QED) is 0.715. The molecule has 0 saturated heterocycles. The SMILES string of the molecule is O=C(CCc1ccc(Cl)s1)NCCCOCc1ccco1. The van der Waals surface area contributed by atoms with Crippen LogP contribution >= 0.6 is 22.9 Å². The van der Waals surface area contributed by atoms with E-state index in [1.807, 2.05) is 24.3 Å². The van der Waals surface area contributed by atoms with Gasteiger partial charge < -0.3 is 14.5 Å². The van der Waals surface area contributed by atoms with Crippen molar-refractivity contribution in [3.05, 3.63) is 45.5 Å². The van der Waals surface area contributed by atoms with Gasteiger partial charge in [-0.05, 0) is 37.1 Å². The number of ether oxygens (including phenoxy) is 1. The molecular formula is C15H18ClNO3S. The van der Waals surface area contributed by atoms with Crippen LogP contribution in [0.1, 0.15) is 23.5 Å². The maximum absolute atomic E-state index is 11.6. The van der Waals surface area contributed by atoms with Crippen LogP contribution in [0.5, 0.6) is 0 Å². The van der Waals surface area contributed by atoms with Crippen molar-refractivity contribution in [2.75, 3.05) is 13.2 Å². The normalized spacial score (nSPS) is 10.7. The van der Waals surface area contributed by atoms with Gasteiger partial charge in [-0.25, -0.2) is 0 Å². The first-order valence-corrected chi connectivity index (χ1v) is 8.04. The summed E-state index contributed by atoms with van der Waals surface area (Å²) in [5.74, 6) is 0.874. The Morgan fingerprint density at radius 3 is 3.00 bits per heavy atom. The number of carbonyl (C=O) groups is 1. The topological polar surface area (TPSA) is 51.5 Å². The van der Waals surface area contributed by atoms with Crippen LogP contribution in [0.2, 0.25) is 4.34 Å². The van der Waals surface area contributed by atoms with Crippen LogP contribution in [-0.4, -0.2) is 19.1 Å². The number of amides is 1. The minimum Gasteiger partial charge on any atom is -0.467 e. The predicted octanol–water partition coefficient (Wildman–Crippen LogP) is 3.65. The maximum Gasteiger partial charge on any atom is 0.220 e. The fourth-order valence-corrected chi connectivity index (χ4v) is 2.87. The molecule has 0 aliphatic heterocycles. The van der Waals surface area contributed by atoms with E-state index in [4.69, 9.17) is 20.8 Å². The highest BCUT2D eigenvalue weighted by molar-refractivity contribution is 7.16. The van der Waals surface area contributed by atoms with Crippen LogP contribution in [0.4, 0.5) is 0 Å². The number of carbonyl (C=O) groups excluding carboxylic acids is 1. The summed E-state index contributed by atoms with van der Waals surface area (Å²) in [6.45, 7) is 1.70. The second-order valence-electron chi connectivity index (χ2n) is 4.54. The fourth-order valence-electron chi connectivity index (χ4n) is 1.78. The molecule has 1 N–H and O–H groups in total. The van der Waals surface area contributed by atoms with Gasteiger partial charge in [-0.3, -0.25) is 4.79 Å². The Hall–Kier alpha value is -1.30. The highest BCUT2D eigenvalue weighted by atomic mass is 35.5. The third-order valence-corrected chi connectivity index (χ3v) is 4.13. The van der Waals surface area contributed by atoms with E-state index in [0.717, 1.165) is 27.8 Å². The molecule has 0 spiro atoms. The molecular weight excluding hydrogens is 310 g/mol. The molecule has 0 aromatic carbocycles. The number of aryl methyl sites for hydroxylation is 1. The summed E-state index contributed by atoms with van der Waals surface area (Å²) in [6.07, 6.45) is 3.64. The van der Waals surface area contributed by atoms with Crippen molar-refractivity contribution in [2.24, 2.45) is 0 Å². The molecule has 0 atom stereocenters. The van der Waals surface area contributed by atoms with Crippen molar-refractivity contribution >= 4 is 28.8 Å². The molecule has 0 unspecified atom stereocenters. The van der Waals surface area contributed by atoms with Crippen molar-refractivity contribution in [1.82, 2.24) is 5.32 Å². The van der Waals surface area contributed by atoms with E-state index >= 15 is 0 Å². The van der Waals surface area contributed by atoms with Crippen molar-refractivity contribution in [2.45, 2.75) is 25.9 Å². The monoisotopic (exact) mass is 327 g/mol. The van der Waals surface area contributed by atoms with Gasteiger partial charge >= 0.3 is 0 Å². The molecule has 2 aromatic heterocycles. The van der Waals surface area contributed by atoms with Crippen LogP contribution in [0.25, 0.3) is 0 Å². The van der Waals surface area contributed by atoms with Gasteiger partial charge in [0.25, 0.3) is 0 Å². The van der Waals surface area contributed by atoms with Gasteiger partial charge in [0.05, 0.1) is 10.6 Å². The minimum absolute atomic E-state index is 0.0607. The van der Waals surface area contributed by atoms with E-state index in [1.54, 1.807) is 6.26 Å². The van der Waals surface area contributed by atoms with Gasteiger partial charge in [-0.2, -0.15) is 0 Å². The molecule has 0 saturated carbocycles. The molecule has 2 heterocycles. The van der Waals surface area contributed by atoms with E-state index in [1.165, 1.54) is 11.3 Å². The van der Waals surface area contributed by atoms with Crippen LogP contribution in [0, 0.1) is 0 Å². The molecule has 0 radical (unpaired) electrons. The lowest BCUT2D eigenvalue weighted by atomic mass is 10.2. The van der Waals surface area contributed by atoms with Crippen molar-refractivity contribution < 1.29 is 13.9 Å². The Labute approximate surface area is 133 Å². The Kier molecular flexibility index (Phi) is 6.79. The molecule has 0 aliphatic rings. The molecule has 0 aliphatic carbocycles. The Morgan fingerprint density at radius 1 is 1.38 bits per heavy atom. The number of thiophene rings is 1. The first-order chi connectivity index (χ1) is 10.2. The largest absolute Gasteiger partial charge is 0.467 e. The molecule has 6 heteroatoms. The van der Waals surface area contributed by atoms with Crippen LogP contribution in [-0.2, 0) is 22.6 Å². The number of rotatable bonds is 9. The van der Waals surface area contributed by atoms with E-state index in [0.29, 0.717) is 26.2 Å². The van der Waals surface area contributed by atoms with Crippen molar-refractivity contribution in [3.63, 3.8) is 0 Å². The summed E-state index contributed by atoms with van der Waals surface area (Å²) in [7, 11) is 0. The summed E-state index contributed by atoms with van der Waals surface area (Å²) < 4.78 is 11.3. The van der Waals surface area contributed by atoms with Crippen LogP contribution < -0.4 is 5.32 Å².